The van der Waals surface area contributed by atoms with Crippen LogP contribution in [0.5, 0.6) is 0 Å². The molecule has 0 saturated heterocycles. The molecule has 1 atom stereocenters. The highest BCUT2D eigenvalue weighted by Gasteiger charge is 2.19. The molecule has 0 aliphatic heterocycles. The van der Waals surface area contributed by atoms with Gasteiger partial charge in [-0.15, -0.1) is 0 Å². The number of benzene rings is 1. The molecule has 2 heterocycles. The Morgan fingerprint density at radius 1 is 1.19 bits per heavy atom. The quantitative estimate of drug-likeness (QED) is 0.787. The van der Waals surface area contributed by atoms with E-state index in [9.17, 15) is 5.11 Å². The van der Waals surface area contributed by atoms with Crippen LogP contribution in [0.4, 0.5) is 0 Å². The first-order valence-electron chi connectivity index (χ1n) is 7.29. The molecule has 0 aliphatic carbocycles. The van der Waals surface area contributed by atoms with Gasteiger partial charge in [0.2, 0.25) is 0 Å². The molecule has 3 rings (SSSR count). The fourth-order valence-corrected chi connectivity index (χ4v) is 2.69. The lowest BCUT2D eigenvalue weighted by molar-refractivity contribution is 0.176. The maximum absolute atomic E-state index is 10.6. The Hall–Kier alpha value is -2.13. The number of aliphatic hydroxyl groups excluding tert-OH is 1. The van der Waals surface area contributed by atoms with Crippen molar-refractivity contribution in [2.45, 2.75) is 32.8 Å². The van der Waals surface area contributed by atoms with Crippen LogP contribution < -0.4 is 0 Å². The molecule has 2 aromatic heterocycles. The molecule has 0 spiro atoms. The first-order chi connectivity index (χ1) is 10.2. The largest absolute Gasteiger partial charge is 0.461 e. The fraction of sp³-hybridized carbons (Fsp3) is 0.278. The molecule has 0 saturated carbocycles. The van der Waals surface area contributed by atoms with Gasteiger partial charge in [-0.2, -0.15) is 0 Å². The van der Waals surface area contributed by atoms with Crippen LogP contribution in [0.1, 0.15) is 35.6 Å². The van der Waals surface area contributed by atoms with Gasteiger partial charge in [-0.25, -0.2) is 0 Å². The van der Waals surface area contributed by atoms with E-state index in [4.69, 9.17) is 4.42 Å². The van der Waals surface area contributed by atoms with Crippen LogP contribution >= 0.6 is 0 Å². The van der Waals surface area contributed by atoms with E-state index in [1.807, 2.05) is 43.5 Å². The van der Waals surface area contributed by atoms with Crippen molar-refractivity contribution in [3.05, 3.63) is 65.2 Å². The van der Waals surface area contributed by atoms with Gasteiger partial charge >= 0.3 is 0 Å². The first-order valence-corrected chi connectivity index (χ1v) is 7.29. The van der Waals surface area contributed by atoms with E-state index in [0.29, 0.717) is 6.42 Å². The molecule has 3 aromatic rings. The molecule has 21 heavy (non-hydrogen) atoms. The fourth-order valence-electron chi connectivity index (χ4n) is 2.69. The standard InChI is InChI=1S/C18H19NO2/c1-3-13-8-9-14(19-11-13)10-16(20)18-12(2)21-17-7-5-4-6-15(17)18/h4-9,11,16,20H,3,10H2,1-2H3. The van der Waals surface area contributed by atoms with Crippen molar-refractivity contribution in [1.82, 2.24) is 4.98 Å². The third kappa shape index (κ3) is 2.69. The molecular weight excluding hydrogens is 262 g/mol. The van der Waals surface area contributed by atoms with E-state index in [1.54, 1.807) is 0 Å². The van der Waals surface area contributed by atoms with Gasteiger partial charge in [-0.05, 0) is 31.0 Å². The molecule has 1 N–H and O–H groups in total. The van der Waals surface area contributed by atoms with Crippen molar-refractivity contribution in [1.29, 1.82) is 0 Å². The van der Waals surface area contributed by atoms with E-state index in [-0.39, 0.29) is 0 Å². The molecule has 3 nitrogen and oxygen atoms in total. The summed E-state index contributed by atoms with van der Waals surface area (Å²) in [5.74, 6) is 0.772. The number of aromatic nitrogens is 1. The van der Waals surface area contributed by atoms with Crippen molar-refractivity contribution >= 4 is 11.0 Å². The van der Waals surface area contributed by atoms with Gasteiger partial charge < -0.3 is 9.52 Å². The summed E-state index contributed by atoms with van der Waals surface area (Å²) in [6.07, 6.45) is 2.74. The minimum absolute atomic E-state index is 0.494. The Morgan fingerprint density at radius 3 is 2.71 bits per heavy atom. The van der Waals surface area contributed by atoms with Crippen LogP contribution in [-0.2, 0) is 12.8 Å². The zero-order valence-electron chi connectivity index (χ0n) is 12.3. The van der Waals surface area contributed by atoms with E-state index >= 15 is 0 Å². The SMILES string of the molecule is CCc1ccc(CC(O)c2c(C)oc3ccccc23)nc1. The average Bonchev–Trinajstić information content (AvgIpc) is 2.83. The average molecular weight is 281 g/mol. The lowest BCUT2D eigenvalue weighted by atomic mass is 10.0. The summed E-state index contributed by atoms with van der Waals surface area (Å²) in [4.78, 5) is 4.42. The summed E-state index contributed by atoms with van der Waals surface area (Å²) in [7, 11) is 0. The molecule has 0 bridgehead atoms. The van der Waals surface area contributed by atoms with E-state index in [2.05, 4.69) is 18.0 Å². The molecule has 3 heteroatoms. The molecule has 0 aliphatic rings. The zero-order valence-corrected chi connectivity index (χ0v) is 12.3. The second-order valence-corrected chi connectivity index (χ2v) is 5.30. The van der Waals surface area contributed by atoms with Gasteiger partial charge in [0.25, 0.3) is 0 Å². The second kappa shape index (κ2) is 5.70. The molecule has 1 aromatic carbocycles. The summed E-state index contributed by atoms with van der Waals surface area (Å²) in [5.41, 5.74) is 3.79. The number of hydrogen-bond donors (Lipinski definition) is 1. The number of rotatable bonds is 4. The number of hydrogen-bond acceptors (Lipinski definition) is 3. The molecular formula is C18H19NO2. The summed E-state index contributed by atoms with van der Waals surface area (Å²) < 4.78 is 5.71. The monoisotopic (exact) mass is 281 g/mol. The van der Waals surface area contributed by atoms with Gasteiger partial charge in [0.05, 0.1) is 6.10 Å². The summed E-state index contributed by atoms with van der Waals surface area (Å²) in [6, 6.07) is 11.9. The Kier molecular flexibility index (Phi) is 3.76. The summed E-state index contributed by atoms with van der Waals surface area (Å²) >= 11 is 0. The Labute approximate surface area is 124 Å². The number of furan rings is 1. The number of para-hydroxylation sites is 1. The normalized spacial score (nSPS) is 12.7. The van der Waals surface area contributed by atoms with Crippen molar-refractivity contribution in [3.8, 4) is 0 Å². The molecule has 1 unspecified atom stereocenters. The predicted molar refractivity (Wildman–Crippen MR) is 83.2 cm³/mol. The number of pyridine rings is 1. The first kappa shape index (κ1) is 13.8. The smallest absolute Gasteiger partial charge is 0.134 e. The van der Waals surface area contributed by atoms with Gasteiger partial charge in [0, 0.05) is 29.3 Å². The van der Waals surface area contributed by atoms with Crippen LogP contribution in [0.2, 0.25) is 0 Å². The third-order valence-electron chi connectivity index (χ3n) is 3.85. The van der Waals surface area contributed by atoms with Crippen LogP contribution in [0.3, 0.4) is 0 Å². The second-order valence-electron chi connectivity index (χ2n) is 5.30. The number of nitrogens with zero attached hydrogens (tertiary/aromatic N) is 1. The van der Waals surface area contributed by atoms with Crippen LogP contribution in [0.15, 0.2) is 47.0 Å². The maximum Gasteiger partial charge on any atom is 0.134 e. The van der Waals surface area contributed by atoms with E-state index < -0.39 is 6.10 Å². The Bertz CT molecular complexity index is 744. The number of fused-ring (bicyclic) bond motifs is 1. The minimum atomic E-state index is -0.603. The molecule has 0 fully saturated rings. The van der Waals surface area contributed by atoms with Crippen LogP contribution in [-0.4, -0.2) is 10.1 Å². The highest BCUT2D eigenvalue weighted by atomic mass is 16.3. The van der Waals surface area contributed by atoms with Crippen molar-refractivity contribution in [2.24, 2.45) is 0 Å². The van der Waals surface area contributed by atoms with Crippen LogP contribution in [0.25, 0.3) is 11.0 Å². The Balaban J connectivity index is 1.89. The third-order valence-corrected chi connectivity index (χ3v) is 3.85. The topological polar surface area (TPSA) is 46.3 Å². The lowest BCUT2D eigenvalue weighted by Gasteiger charge is -2.10. The van der Waals surface area contributed by atoms with E-state index in [0.717, 1.165) is 34.4 Å². The molecule has 0 radical (unpaired) electrons. The van der Waals surface area contributed by atoms with Crippen LogP contribution in [0, 0.1) is 6.92 Å². The highest BCUT2D eigenvalue weighted by molar-refractivity contribution is 5.82. The predicted octanol–water partition coefficient (Wildman–Crippen LogP) is 3.97. The highest BCUT2D eigenvalue weighted by Crippen LogP contribution is 2.31. The molecule has 108 valence electrons. The Morgan fingerprint density at radius 2 is 2.00 bits per heavy atom. The zero-order chi connectivity index (χ0) is 14.8. The van der Waals surface area contributed by atoms with Crippen molar-refractivity contribution in [2.75, 3.05) is 0 Å². The van der Waals surface area contributed by atoms with Gasteiger partial charge in [0.15, 0.2) is 0 Å². The van der Waals surface area contributed by atoms with Crippen molar-refractivity contribution in [3.63, 3.8) is 0 Å². The van der Waals surface area contributed by atoms with Gasteiger partial charge in [-0.1, -0.05) is 31.2 Å². The van der Waals surface area contributed by atoms with Crippen molar-refractivity contribution < 1.29 is 9.52 Å². The lowest BCUT2D eigenvalue weighted by Crippen LogP contribution is -2.04. The minimum Gasteiger partial charge on any atom is -0.461 e. The van der Waals surface area contributed by atoms with E-state index in [1.165, 1.54) is 5.56 Å². The van der Waals surface area contributed by atoms with Gasteiger partial charge in [0.1, 0.15) is 11.3 Å². The number of aliphatic hydroxyl groups is 1. The summed E-state index contributed by atoms with van der Waals surface area (Å²) in [6.45, 7) is 4.00. The summed E-state index contributed by atoms with van der Waals surface area (Å²) in [5, 5.41) is 11.5. The molecule has 0 amide bonds. The maximum atomic E-state index is 10.6. The van der Waals surface area contributed by atoms with Gasteiger partial charge in [-0.3, -0.25) is 4.98 Å². The number of aryl methyl sites for hydroxylation is 2.